The molecule has 1 atom stereocenters. The number of rotatable bonds is 4. The van der Waals surface area contributed by atoms with E-state index in [9.17, 15) is 0 Å². The van der Waals surface area contributed by atoms with Gasteiger partial charge in [0.25, 0.3) is 0 Å². The second kappa shape index (κ2) is 5.43. The largest absolute Gasteiger partial charge is 0.468 e. The molecule has 2 aliphatic rings. The molecule has 1 aromatic heterocycles. The lowest BCUT2D eigenvalue weighted by atomic mass is 10.2. The molecule has 0 bridgehead atoms. The lowest BCUT2D eigenvalue weighted by Gasteiger charge is -2.23. The molecule has 4 nitrogen and oxygen atoms in total. The SMILES string of the molecule is NCc1ccoc1CN1CCC(N2CCCC2)C1. The Morgan fingerprint density at radius 3 is 2.89 bits per heavy atom. The Labute approximate surface area is 109 Å². The molecule has 18 heavy (non-hydrogen) atoms. The first kappa shape index (κ1) is 12.2. The van der Waals surface area contributed by atoms with Gasteiger partial charge < -0.3 is 10.2 Å². The van der Waals surface area contributed by atoms with Crippen molar-refractivity contribution in [3.05, 3.63) is 23.7 Å². The van der Waals surface area contributed by atoms with Gasteiger partial charge in [-0.05, 0) is 38.4 Å². The van der Waals surface area contributed by atoms with Gasteiger partial charge in [0.2, 0.25) is 0 Å². The first-order valence-corrected chi connectivity index (χ1v) is 7.08. The van der Waals surface area contributed by atoms with Crippen molar-refractivity contribution in [2.45, 2.75) is 38.4 Å². The van der Waals surface area contributed by atoms with E-state index in [0.29, 0.717) is 6.54 Å². The predicted octanol–water partition coefficient (Wildman–Crippen LogP) is 1.41. The van der Waals surface area contributed by atoms with Crippen LogP contribution in [0.25, 0.3) is 0 Å². The number of nitrogens with zero attached hydrogens (tertiary/aromatic N) is 2. The maximum atomic E-state index is 5.71. The molecule has 3 heterocycles. The summed E-state index contributed by atoms with van der Waals surface area (Å²) >= 11 is 0. The van der Waals surface area contributed by atoms with Crippen LogP contribution in [-0.2, 0) is 13.1 Å². The fraction of sp³-hybridized carbons (Fsp3) is 0.714. The number of nitrogens with two attached hydrogens (primary N) is 1. The average molecular weight is 249 g/mol. The molecule has 0 aromatic carbocycles. The van der Waals surface area contributed by atoms with Gasteiger partial charge >= 0.3 is 0 Å². The van der Waals surface area contributed by atoms with Crippen LogP contribution >= 0.6 is 0 Å². The predicted molar refractivity (Wildman–Crippen MR) is 71.1 cm³/mol. The summed E-state index contributed by atoms with van der Waals surface area (Å²) in [7, 11) is 0. The van der Waals surface area contributed by atoms with Crippen molar-refractivity contribution in [1.29, 1.82) is 0 Å². The number of furan rings is 1. The van der Waals surface area contributed by atoms with Crippen molar-refractivity contribution in [2.75, 3.05) is 26.2 Å². The van der Waals surface area contributed by atoms with Crippen LogP contribution in [0.4, 0.5) is 0 Å². The van der Waals surface area contributed by atoms with E-state index in [0.717, 1.165) is 23.9 Å². The fourth-order valence-electron chi connectivity index (χ4n) is 3.25. The molecular weight excluding hydrogens is 226 g/mol. The third kappa shape index (κ3) is 2.46. The highest BCUT2D eigenvalue weighted by molar-refractivity contribution is 5.16. The summed E-state index contributed by atoms with van der Waals surface area (Å²) in [5.41, 5.74) is 6.86. The summed E-state index contributed by atoms with van der Waals surface area (Å²) in [6.45, 7) is 6.47. The molecule has 100 valence electrons. The van der Waals surface area contributed by atoms with E-state index in [4.69, 9.17) is 10.2 Å². The van der Waals surface area contributed by atoms with E-state index in [-0.39, 0.29) is 0 Å². The highest BCUT2D eigenvalue weighted by Crippen LogP contribution is 2.22. The lowest BCUT2D eigenvalue weighted by Crippen LogP contribution is -2.35. The smallest absolute Gasteiger partial charge is 0.122 e. The zero-order valence-electron chi connectivity index (χ0n) is 11.0. The monoisotopic (exact) mass is 249 g/mol. The first-order valence-electron chi connectivity index (χ1n) is 7.08. The third-order valence-corrected chi connectivity index (χ3v) is 4.33. The molecule has 2 saturated heterocycles. The summed E-state index contributed by atoms with van der Waals surface area (Å²) in [6, 6.07) is 2.76. The van der Waals surface area contributed by atoms with E-state index in [1.165, 1.54) is 45.4 Å². The summed E-state index contributed by atoms with van der Waals surface area (Å²) in [5, 5.41) is 0. The normalized spacial score (nSPS) is 26.2. The van der Waals surface area contributed by atoms with Crippen molar-refractivity contribution < 1.29 is 4.42 Å². The van der Waals surface area contributed by atoms with Crippen LogP contribution in [0.5, 0.6) is 0 Å². The quantitative estimate of drug-likeness (QED) is 0.876. The molecular formula is C14H23N3O. The lowest BCUT2D eigenvalue weighted by molar-refractivity contribution is 0.223. The Bertz CT molecular complexity index is 384. The highest BCUT2D eigenvalue weighted by Gasteiger charge is 2.29. The van der Waals surface area contributed by atoms with Gasteiger partial charge in [0, 0.05) is 31.2 Å². The first-order chi connectivity index (χ1) is 8.86. The molecule has 2 fully saturated rings. The van der Waals surface area contributed by atoms with Crippen molar-refractivity contribution in [2.24, 2.45) is 5.73 Å². The Hall–Kier alpha value is -0.840. The van der Waals surface area contributed by atoms with Crippen LogP contribution in [0, 0.1) is 0 Å². The van der Waals surface area contributed by atoms with Gasteiger partial charge in [0.1, 0.15) is 5.76 Å². The average Bonchev–Trinajstić information content (AvgIpc) is 3.10. The van der Waals surface area contributed by atoms with Crippen LogP contribution in [-0.4, -0.2) is 42.0 Å². The summed E-state index contributed by atoms with van der Waals surface area (Å²) in [6.07, 6.45) is 5.82. The summed E-state index contributed by atoms with van der Waals surface area (Å²) in [4.78, 5) is 5.16. The van der Waals surface area contributed by atoms with E-state index < -0.39 is 0 Å². The molecule has 0 aliphatic carbocycles. The second-order valence-electron chi connectivity index (χ2n) is 5.49. The van der Waals surface area contributed by atoms with Crippen molar-refractivity contribution in [3.63, 3.8) is 0 Å². The van der Waals surface area contributed by atoms with Gasteiger partial charge in [-0.1, -0.05) is 0 Å². The van der Waals surface area contributed by atoms with E-state index in [2.05, 4.69) is 9.80 Å². The molecule has 2 aliphatic heterocycles. The Morgan fingerprint density at radius 1 is 1.28 bits per heavy atom. The number of hydrogen-bond acceptors (Lipinski definition) is 4. The van der Waals surface area contributed by atoms with Gasteiger partial charge in [-0.15, -0.1) is 0 Å². The minimum atomic E-state index is 0.579. The zero-order chi connectivity index (χ0) is 12.4. The molecule has 0 saturated carbocycles. The van der Waals surface area contributed by atoms with Gasteiger partial charge in [0.15, 0.2) is 0 Å². The number of hydrogen-bond donors (Lipinski definition) is 1. The molecule has 2 N–H and O–H groups in total. The van der Waals surface area contributed by atoms with Gasteiger partial charge in [0.05, 0.1) is 12.8 Å². The standard InChI is InChI=1S/C14H23N3O/c15-9-12-4-8-18-14(12)11-16-7-3-13(10-16)17-5-1-2-6-17/h4,8,13H,1-3,5-7,9-11,15H2. The Balaban J connectivity index is 1.55. The van der Waals surface area contributed by atoms with Gasteiger partial charge in [-0.2, -0.15) is 0 Å². The van der Waals surface area contributed by atoms with E-state index in [1.807, 2.05) is 6.07 Å². The van der Waals surface area contributed by atoms with Crippen LogP contribution in [0.3, 0.4) is 0 Å². The minimum Gasteiger partial charge on any atom is -0.468 e. The van der Waals surface area contributed by atoms with Gasteiger partial charge in [-0.3, -0.25) is 9.80 Å². The summed E-state index contributed by atoms with van der Waals surface area (Å²) in [5.74, 6) is 1.06. The van der Waals surface area contributed by atoms with Crippen LogP contribution < -0.4 is 5.73 Å². The van der Waals surface area contributed by atoms with Crippen molar-refractivity contribution >= 4 is 0 Å². The topological polar surface area (TPSA) is 45.6 Å². The van der Waals surface area contributed by atoms with Crippen LogP contribution in [0.15, 0.2) is 16.7 Å². The molecule has 0 radical (unpaired) electrons. The van der Waals surface area contributed by atoms with E-state index in [1.54, 1.807) is 6.26 Å². The second-order valence-corrected chi connectivity index (χ2v) is 5.49. The maximum absolute atomic E-state index is 5.71. The van der Waals surface area contributed by atoms with Crippen LogP contribution in [0.1, 0.15) is 30.6 Å². The Morgan fingerprint density at radius 2 is 2.11 bits per heavy atom. The highest BCUT2D eigenvalue weighted by atomic mass is 16.3. The van der Waals surface area contributed by atoms with Crippen molar-refractivity contribution in [1.82, 2.24) is 9.80 Å². The van der Waals surface area contributed by atoms with E-state index >= 15 is 0 Å². The fourth-order valence-corrected chi connectivity index (χ4v) is 3.25. The molecule has 1 unspecified atom stereocenters. The number of likely N-dealkylation sites (tertiary alicyclic amines) is 2. The molecule has 1 aromatic rings. The van der Waals surface area contributed by atoms with Crippen molar-refractivity contribution in [3.8, 4) is 0 Å². The van der Waals surface area contributed by atoms with Crippen LogP contribution in [0.2, 0.25) is 0 Å². The van der Waals surface area contributed by atoms with Gasteiger partial charge in [-0.25, -0.2) is 0 Å². The molecule has 3 rings (SSSR count). The molecule has 0 amide bonds. The zero-order valence-corrected chi connectivity index (χ0v) is 11.0. The molecule has 0 spiro atoms. The molecule has 4 heteroatoms. The minimum absolute atomic E-state index is 0.579. The third-order valence-electron chi connectivity index (χ3n) is 4.33. The maximum Gasteiger partial charge on any atom is 0.122 e. The Kier molecular flexibility index (Phi) is 3.68. The summed E-state index contributed by atoms with van der Waals surface area (Å²) < 4.78 is 5.54.